The summed E-state index contributed by atoms with van der Waals surface area (Å²) in [5.74, 6) is -0.262. The molecule has 0 spiro atoms. The molecule has 0 heterocycles. The molecule has 0 aromatic heterocycles. The van der Waals surface area contributed by atoms with Gasteiger partial charge in [0.1, 0.15) is 6.61 Å². The van der Waals surface area contributed by atoms with Crippen molar-refractivity contribution in [1.29, 1.82) is 0 Å². The molecule has 0 saturated heterocycles. The molecule has 3 nitrogen and oxygen atoms in total. The molecule has 0 rings (SSSR count). The van der Waals surface area contributed by atoms with E-state index in [9.17, 15) is 4.79 Å². The summed E-state index contributed by atoms with van der Waals surface area (Å²) < 4.78 is 9.13. The average Bonchev–Trinajstić information content (AvgIpc) is 1.66. The molecule has 0 N–H and O–H groups in total. The van der Waals surface area contributed by atoms with Crippen molar-refractivity contribution < 1.29 is 14.3 Å². The third-order valence-corrected chi connectivity index (χ3v) is 0.593. The van der Waals surface area contributed by atoms with Gasteiger partial charge in [-0.3, -0.25) is 4.79 Å². The van der Waals surface area contributed by atoms with Crippen LogP contribution in [0.3, 0.4) is 0 Å². The highest BCUT2D eigenvalue weighted by Gasteiger charge is 1.88. The van der Waals surface area contributed by atoms with E-state index in [1.54, 1.807) is 7.11 Å². The Bertz CT molecular complexity index is 70.1. The van der Waals surface area contributed by atoms with Crippen LogP contribution in [-0.2, 0) is 14.3 Å². The van der Waals surface area contributed by atoms with Crippen molar-refractivity contribution in [1.82, 2.24) is 0 Å². The Kier molecular flexibility index (Phi) is 4.26. The molecule has 0 aliphatic carbocycles. The summed E-state index contributed by atoms with van der Waals surface area (Å²) in [7, 11) is 1.56. The summed E-state index contributed by atoms with van der Waals surface area (Å²) in [6.07, 6.45) is 0. The molecule has 3 heteroatoms. The van der Waals surface area contributed by atoms with E-state index in [0.717, 1.165) is 0 Å². The quantitative estimate of drug-likeness (QED) is 0.392. The maximum absolute atomic E-state index is 10.0. The first kappa shape index (κ1) is 7.43. The van der Waals surface area contributed by atoms with Gasteiger partial charge in [-0.2, -0.15) is 0 Å². The number of methoxy groups -OCH3 is 1. The first-order valence-electron chi connectivity index (χ1n) is 2.39. The minimum atomic E-state index is -0.262. The first-order chi connectivity index (χ1) is 3.77. The van der Waals surface area contributed by atoms with Gasteiger partial charge in [0.2, 0.25) is 0 Å². The predicted octanol–water partition coefficient (Wildman–Crippen LogP) is 0.196. The standard InChI is InChI=1S/C5H10O3/c1-5(6)8-4-3-7-2/h3-4H2,1-2H3. The SMILES string of the molecule is COCCOC(C)=O. The molecular formula is C5H10O3. The lowest BCUT2D eigenvalue weighted by molar-refractivity contribution is -0.142. The zero-order chi connectivity index (χ0) is 6.41. The Morgan fingerprint density at radius 2 is 2.12 bits per heavy atom. The molecule has 0 aromatic carbocycles. The molecule has 0 amide bonds. The summed E-state index contributed by atoms with van der Waals surface area (Å²) in [5.41, 5.74) is 0. The van der Waals surface area contributed by atoms with E-state index >= 15 is 0 Å². The Morgan fingerprint density at radius 3 is 2.50 bits per heavy atom. The zero-order valence-electron chi connectivity index (χ0n) is 5.14. The molecule has 0 atom stereocenters. The second-order valence-electron chi connectivity index (χ2n) is 1.33. The van der Waals surface area contributed by atoms with Crippen LogP contribution in [-0.4, -0.2) is 26.3 Å². The van der Waals surface area contributed by atoms with Gasteiger partial charge in [0.15, 0.2) is 0 Å². The van der Waals surface area contributed by atoms with Crippen molar-refractivity contribution in [2.24, 2.45) is 0 Å². The third-order valence-electron chi connectivity index (χ3n) is 0.593. The minimum absolute atomic E-state index is 0.262. The monoisotopic (exact) mass is 118 g/mol. The number of carbonyl (C=O) groups excluding carboxylic acids is 1. The number of hydrogen-bond acceptors (Lipinski definition) is 3. The molecule has 0 aromatic rings. The van der Waals surface area contributed by atoms with Crippen molar-refractivity contribution in [3.63, 3.8) is 0 Å². The Hall–Kier alpha value is -0.570. The van der Waals surface area contributed by atoms with Crippen LogP contribution in [0.4, 0.5) is 0 Å². The van der Waals surface area contributed by atoms with Crippen molar-refractivity contribution >= 4 is 5.97 Å². The lowest BCUT2D eigenvalue weighted by atomic mass is 10.7. The minimum Gasteiger partial charge on any atom is -0.463 e. The van der Waals surface area contributed by atoms with E-state index in [2.05, 4.69) is 9.47 Å². The van der Waals surface area contributed by atoms with Crippen molar-refractivity contribution in [2.75, 3.05) is 20.3 Å². The van der Waals surface area contributed by atoms with Gasteiger partial charge in [0.25, 0.3) is 0 Å². The fraction of sp³-hybridized carbons (Fsp3) is 0.800. The van der Waals surface area contributed by atoms with Crippen LogP contribution in [0, 0.1) is 0 Å². The molecule has 0 bridgehead atoms. The van der Waals surface area contributed by atoms with Crippen LogP contribution in [0.5, 0.6) is 0 Å². The summed E-state index contributed by atoms with van der Waals surface area (Å²) in [6, 6.07) is 0. The van der Waals surface area contributed by atoms with Crippen molar-refractivity contribution in [3.8, 4) is 0 Å². The van der Waals surface area contributed by atoms with Crippen molar-refractivity contribution in [3.05, 3.63) is 0 Å². The zero-order valence-corrected chi connectivity index (χ0v) is 5.14. The van der Waals surface area contributed by atoms with E-state index in [4.69, 9.17) is 0 Å². The van der Waals surface area contributed by atoms with Gasteiger partial charge in [-0.1, -0.05) is 0 Å². The second-order valence-corrected chi connectivity index (χ2v) is 1.33. The van der Waals surface area contributed by atoms with Gasteiger partial charge in [-0.25, -0.2) is 0 Å². The number of ether oxygens (including phenoxy) is 2. The lowest BCUT2D eigenvalue weighted by Gasteiger charge is -1.97. The Balaban J connectivity index is 2.82. The fourth-order valence-electron chi connectivity index (χ4n) is 0.269. The van der Waals surface area contributed by atoms with E-state index in [1.165, 1.54) is 6.92 Å². The lowest BCUT2D eigenvalue weighted by Crippen LogP contribution is -2.05. The van der Waals surface area contributed by atoms with Gasteiger partial charge in [0, 0.05) is 14.0 Å². The molecule has 0 unspecified atom stereocenters. The fourth-order valence-corrected chi connectivity index (χ4v) is 0.269. The maximum Gasteiger partial charge on any atom is 0.302 e. The van der Waals surface area contributed by atoms with Crippen LogP contribution in [0.15, 0.2) is 0 Å². The predicted molar refractivity (Wildman–Crippen MR) is 28.5 cm³/mol. The number of hydrogen-bond donors (Lipinski definition) is 0. The molecule has 0 saturated carbocycles. The highest BCUT2D eigenvalue weighted by molar-refractivity contribution is 5.65. The summed E-state index contributed by atoms with van der Waals surface area (Å²) >= 11 is 0. The van der Waals surface area contributed by atoms with Crippen molar-refractivity contribution in [2.45, 2.75) is 6.92 Å². The van der Waals surface area contributed by atoms with Gasteiger partial charge >= 0.3 is 5.97 Å². The number of rotatable bonds is 3. The normalized spacial score (nSPS) is 8.75. The van der Waals surface area contributed by atoms with E-state index in [-0.39, 0.29) is 5.97 Å². The topological polar surface area (TPSA) is 35.5 Å². The van der Waals surface area contributed by atoms with Gasteiger partial charge in [-0.05, 0) is 0 Å². The van der Waals surface area contributed by atoms with Gasteiger partial charge in [0.05, 0.1) is 6.61 Å². The van der Waals surface area contributed by atoms with Crippen LogP contribution >= 0.6 is 0 Å². The van der Waals surface area contributed by atoms with E-state index < -0.39 is 0 Å². The Morgan fingerprint density at radius 1 is 1.50 bits per heavy atom. The number of esters is 1. The highest BCUT2D eigenvalue weighted by atomic mass is 16.6. The molecule has 8 heavy (non-hydrogen) atoms. The largest absolute Gasteiger partial charge is 0.463 e. The van der Waals surface area contributed by atoms with Gasteiger partial charge in [-0.15, -0.1) is 0 Å². The second kappa shape index (κ2) is 4.59. The molecule has 48 valence electrons. The highest BCUT2D eigenvalue weighted by Crippen LogP contribution is 1.74. The summed E-state index contributed by atoms with van der Waals surface area (Å²) in [6.45, 7) is 2.20. The third kappa shape index (κ3) is 5.43. The van der Waals surface area contributed by atoms with E-state index in [0.29, 0.717) is 13.2 Å². The maximum atomic E-state index is 10.0. The average molecular weight is 118 g/mol. The van der Waals surface area contributed by atoms with E-state index in [1.807, 2.05) is 0 Å². The molecule has 0 aliphatic rings. The van der Waals surface area contributed by atoms with Crippen LogP contribution in [0.1, 0.15) is 6.92 Å². The van der Waals surface area contributed by atoms with Crippen LogP contribution in [0.2, 0.25) is 0 Å². The molecular weight excluding hydrogens is 108 g/mol. The molecule has 0 radical (unpaired) electrons. The Labute approximate surface area is 48.6 Å². The summed E-state index contributed by atoms with van der Waals surface area (Å²) in [4.78, 5) is 10.0. The van der Waals surface area contributed by atoms with Crippen LogP contribution < -0.4 is 0 Å². The van der Waals surface area contributed by atoms with Crippen LogP contribution in [0.25, 0.3) is 0 Å². The first-order valence-corrected chi connectivity index (χ1v) is 2.39. The molecule has 0 fully saturated rings. The smallest absolute Gasteiger partial charge is 0.302 e. The van der Waals surface area contributed by atoms with Gasteiger partial charge < -0.3 is 9.47 Å². The molecule has 0 aliphatic heterocycles. The summed E-state index contributed by atoms with van der Waals surface area (Å²) in [5, 5.41) is 0. The number of carbonyl (C=O) groups is 1.